The highest BCUT2D eigenvalue weighted by Gasteiger charge is 2.32. The second-order valence-electron chi connectivity index (χ2n) is 5.36. The van der Waals surface area contributed by atoms with Crippen LogP contribution in [0.15, 0.2) is 5.38 Å². The van der Waals surface area contributed by atoms with Crippen LogP contribution >= 0.6 is 11.3 Å². The second-order valence-corrected chi connectivity index (χ2v) is 6.25. The Kier molecular flexibility index (Phi) is 3.24. The van der Waals surface area contributed by atoms with E-state index in [2.05, 4.69) is 4.98 Å². The molecule has 1 aromatic heterocycles. The van der Waals surface area contributed by atoms with Crippen molar-refractivity contribution in [2.45, 2.75) is 38.0 Å². The topological polar surface area (TPSA) is 59.2 Å². The fourth-order valence-electron chi connectivity index (χ4n) is 2.82. The number of rotatable bonds is 2. The fraction of sp³-hybridized carbons (Fsp3) is 0.692. The number of carbonyl (C=O) groups excluding carboxylic acids is 1. The lowest BCUT2D eigenvalue weighted by Crippen LogP contribution is -2.44. The lowest BCUT2D eigenvalue weighted by Gasteiger charge is -2.36. The first-order valence-electron chi connectivity index (χ1n) is 6.73. The van der Waals surface area contributed by atoms with Gasteiger partial charge in [0.15, 0.2) is 5.13 Å². The maximum absolute atomic E-state index is 12.2. The second kappa shape index (κ2) is 4.88. The summed E-state index contributed by atoms with van der Waals surface area (Å²) in [6.07, 6.45) is 5.60. The van der Waals surface area contributed by atoms with Gasteiger partial charge in [0, 0.05) is 30.3 Å². The molecule has 98 valence electrons. The SMILES string of the molecule is Nc1nc(C2CCCN(C(=O)C3CCC3)C2)cs1. The van der Waals surface area contributed by atoms with Crippen molar-refractivity contribution in [1.29, 1.82) is 0 Å². The molecule has 5 heteroatoms. The highest BCUT2D eigenvalue weighted by molar-refractivity contribution is 7.13. The summed E-state index contributed by atoms with van der Waals surface area (Å²) in [5.74, 6) is 1.06. The Balaban J connectivity index is 1.66. The molecule has 1 aliphatic heterocycles. The first-order valence-corrected chi connectivity index (χ1v) is 7.61. The zero-order chi connectivity index (χ0) is 12.5. The number of anilines is 1. The van der Waals surface area contributed by atoms with E-state index in [1.165, 1.54) is 17.8 Å². The van der Waals surface area contributed by atoms with E-state index in [9.17, 15) is 4.79 Å². The number of amides is 1. The molecule has 0 spiro atoms. The van der Waals surface area contributed by atoms with Crippen molar-refractivity contribution in [3.05, 3.63) is 11.1 Å². The fourth-order valence-corrected chi connectivity index (χ4v) is 3.47. The van der Waals surface area contributed by atoms with Crippen LogP contribution in [0.3, 0.4) is 0 Å². The number of nitrogen functional groups attached to an aromatic ring is 1. The van der Waals surface area contributed by atoms with Gasteiger partial charge in [0.25, 0.3) is 0 Å². The van der Waals surface area contributed by atoms with Crippen LogP contribution in [0.5, 0.6) is 0 Å². The predicted molar refractivity (Wildman–Crippen MR) is 72.4 cm³/mol. The van der Waals surface area contributed by atoms with Crippen molar-refractivity contribution in [3.63, 3.8) is 0 Å². The van der Waals surface area contributed by atoms with Gasteiger partial charge in [0.1, 0.15) is 0 Å². The molecule has 1 amide bonds. The molecule has 1 atom stereocenters. The molecular formula is C13H19N3OS. The molecule has 2 N–H and O–H groups in total. The minimum absolute atomic E-state index is 0.309. The molecule has 1 aliphatic carbocycles. The zero-order valence-electron chi connectivity index (χ0n) is 10.5. The van der Waals surface area contributed by atoms with E-state index in [0.717, 1.165) is 44.5 Å². The summed E-state index contributed by atoms with van der Waals surface area (Å²) in [6.45, 7) is 1.75. The van der Waals surface area contributed by atoms with Crippen LogP contribution < -0.4 is 5.73 Å². The van der Waals surface area contributed by atoms with Crippen LogP contribution in [-0.2, 0) is 4.79 Å². The summed E-state index contributed by atoms with van der Waals surface area (Å²) in [5, 5.41) is 2.67. The van der Waals surface area contributed by atoms with Gasteiger partial charge in [-0.1, -0.05) is 6.42 Å². The van der Waals surface area contributed by atoms with Crippen LogP contribution in [0.4, 0.5) is 5.13 Å². The van der Waals surface area contributed by atoms with Crippen molar-refractivity contribution in [1.82, 2.24) is 9.88 Å². The summed E-state index contributed by atoms with van der Waals surface area (Å²) >= 11 is 1.49. The Morgan fingerprint density at radius 3 is 2.83 bits per heavy atom. The van der Waals surface area contributed by atoms with Crippen molar-refractivity contribution in [2.24, 2.45) is 5.92 Å². The first kappa shape index (κ1) is 12.0. The quantitative estimate of drug-likeness (QED) is 0.892. The molecule has 1 aromatic rings. The number of piperidine rings is 1. The highest BCUT2D eigenvalue weighted by atomic mass is 32.1. The average molecular weight is 265 g/mol. The van der Waals surface area contributed by atoms with E-state index in [0.29, 0.717) is 22.9 Å². The molecule has 1 saturated heterocycles. The maximum Gasteiger partial charge on any atom is 0.225 e. The number of carbonyl (C=O) groups is 1. The molecule has 18 heavy (non-hydrogen) atoms. The third-order valence-corrected chi connectivity index (χ3v) is 4.84. The van der Waals surface area contributed by atoms with Crippen LogP contribution in [-0.4, -0.2) is 28.9 Å². The number of thiazole rings is 1. The van der Waals surface area contributed by atoms with Crippen LogP contribution in [0.2, 0.25) is 0 Å². The summed E-state index contributed by atoms with van der Waals surface area (Å²) in [5.41, 5.74) is 6.76. The standard InChI is InChI=1S/C13H19N3OS/c14-13-15-11(8-18-13)10-5-2-6-16(7-10)12(17)9-3-1-4-9/h8-10H,1-7H2,(H2,14,15). The van der Waals surface area contributed by atoms with E-state index in [-0.39, 0.29) is 0 Å². The molecule has 2 fully saturated rings. The summed E-state index contributed by atoms with van der Waals surface area (Å²) in [6, 6.07) is 0. The van der Waals surface area contributed by atoms with Gasteiger partial charge in [-0.3, -0.25) is 4.79 Å². The van der Waals surface area contributed by atoms with Gasteiger partial charge in [-0.15, -0.1) is 11.3 Å². The van der Waals surface area contributed by atoms with Crippen LogP contribution in [0, 0.1) is 5.92 Å². The minimum Gasteiger partial charge on any atom is -0.375 e. The van der Waals surface area contributed by atoms with Gasteiger partial charge in [-0.05, 0) is 25.7 Å². The highest BCUT2D eigenvalue weighted by Crippen LogP contribution is 2.33. The first-order chi connectivity index (χ1) is 8.74. The molecule has 2 heterocycles. The molecule has 3 rings (SSSR count). The summed E-state index contributed by atoms with van der Waals surface area (Å²) in [4.78, 5) is 18.7. The molecular weight excluding hydrogens is 246 g/mol. The zero-order valence-corrected chi connectivity index (χ0v) is 11.3. The third-order valence-electron chi connectivity index (χ3n) is 4.15. The normalized spacial score (nSPS) is 24.9. The number of hydrogen-bond acceptors (Lipinski definition) is 4. The van der Waals surface area contributed by atoms with Gasteiger partial charge in [0.05, 0.1) is 5.69 Å². The Bertz CT molecular complexity index is 441. The van der Waals surface area contributed by atoms with Crippen molar-refractivity contribution in [2.75, 3.05) is 18.8 Å². The van der Waals surface area contributed by atoms with Gasteiger partial charge in [-0.2, -0.15) is 0 Å². The van der Waals surface area contributed by atoms with Gasteiger partial charge < -0.3 is 10.6 Å². The largest absolute Gasteiger partial charge is 0.375 e. The van der Waals surface area contributed by atoms with E-state index in [1.54, 1.807) is 0 Å². The van der Waals surface area contributed by atoms with E-state index < -0.39 is 0 Å². The smallest absolute Gasteiger partial charge is 0.225 e. The van der Waals surface area contributed by atoms with Crippen LogP contribution in [0.1, 0.15) is 43.7 Å². The average Bonchev–Trinajstić information content (AvgIpc) is 2.74. The number of aromatic nitrogens is 1. The molecule has 0 radical (unpaired) electrons. The number of nitrogens with zero attached hydrogens (tertiary/aromatic N) is 2. The molecule has 0 aromatic carbocycles. The Labute approximate surface area is 111 Å². The summed E-state index contributed by atoms with van der Waals surface area (Å²) < 4.78 is 0. The number of nitrogens with two attached hydrogens (primary N) is 1. The molecule has 2 aliphatic rings. The van der Waals surface area contributed by atoms with E-state index >= 15 is 0 Å². The molecule has 1 saturated carbocycles. The predicted octanol–water partition coefficient (Wildman–Crippen LogP) is 2.23. The monoisotopic (exact) mass is 265 g/mol. The van der Waals surface area contributed by atoms with Crippen molar-refractivity contribution >= 4 is 22.4 Å². The summed E-state index contributed by atoms with van der Waals surface area (Å²) in [7, 11) is 0. The Hall–Kier alpha value is -1.10. The Morgan fingerprint density at radius 2 is 2.22 bits per heavy atom. The van der Waals surface area contributed by atoms with Crippen LogP contribution in [0.25, 0.3) is 0 Å². The third kappa shape index (κ3) is 2.23. The van der Waals surface area contributed by atoms with E-state index in [1.807, 2.05) is 10.3 Å². The van der Waals surface area contributed by atoms with Gasteiger partial charge in [-0.25, -0.2) is 4.98 Å². The van der Waals surface area contributed by atoms with Gasteiger partial charge in [0.2, 0.25) is 5.91 Å². The van der Waals surface area contributed by atoms with Crippen molar-refractivity contribution < 1.29 is 4.79 Å². The number of hydrogen-bond donors (Lipinski definition) is 1. The van der Waals surface area contributed by atoms with Gasteiger partial charge >= 0.3 is 0 Å². The Morgan fingerprint density at radius 1 is 1.39 bits per heavy atom. The maximum atomic E-state index is 12.2. The minimum atomic E-state index is 0.309. The molecule has 0 bridgehead atoms. The lowest BCUT2D eigenvalue weighted by molar-refractivity contribution is -0.139. The van der Waals surface area contributed by atoms with Crippen molar-refractivity contribution in [3.8, 4) is 0 Å². The van der Waals surface area contributed by atoms with E-state index in [4.69, 9.17) is 5.73 Å². The molecule has 4 nitrogen and oxygen atoms in total. The lowest BCUT2D eigenvalue weighted by atomic mass is 9.83. The molecule has 1 unspecified atom stereocenters. The number of likely N-dealkylation sites (tertiary alicyclic amines) is 1.